The molecule has 0 bridgehead atoms. The van der Waals surface area contributed by atoms with Gasteiger partial charge in [-0.2, -0.15) is 9.97 Å². The van der Waals surface area contributed by atoms with Gasteiger partial charge in [0.1, 0.15) is 11.0 Å². The van der Waals surface area contributed by atoms with E-state index in [1.54, 1.807) is 6.07 Å². The molecule has 0 aromatic carbocycles. The van der Waals surface area contributed by atoms with E-state index in [0.717, 1.165) is 17.7 Å². The van der Waals surface area contributed by atoms with Crippen molar-refractivity contribution in [3.05, 3.63) is 22.6 Å². The highest BCUT2D eigenvalue weighted by Crippen LogP contribution is 2.27. The fourth-order valence-electron chi connectivity index (χ4n) is 2.21. The maximum atomic E-state index is 5.98. The van der Waals surface area contributed by atoms with Crippen molar-refractivity contribution in [2.75, 3.05) is 24.7 Å². The number of rotatable bonds is 1. The molecule has 0 saturated carbocycles. The van der Waals surface area contributed by atoms with Crippen LogP contribution < -0.4 is 4.90 Å². The Morgan fingerprint density at radius 3 is 2.89 bits per heavy atom. The van der Waals surface area contributed by atoms with Gasteiger partial charge in [0, 0.05) is 6.54 Å². The Kier molecular flexibility index (Phi) is 3.43. The van der Waals surface area contributed by atoms with Crippen LogP contribution >= 0.6 is 23.2 Å². The number of aromatic nitrogens is 3. The van der Waals surface area contributed by atoms with Crippen LogP contribution in [0.1, 0.15) is 6.92 Å². The molecule has 1 atom stereocenters. The number of anilines is 1. The second kappa shape index (κ2) is 5.07. The van der Waals surface area contributed by atoms with Gasteiger partial charge >= 0.3 is 0 Å². The summed E-state index contributed by atoms with van der Waals surface area (Å²) in [6, 6.07) is 3.84. The second-order valence-electron chi connectivity index (χ2n) is 4.44. The standard InChI is InChI=1S/C12H12Cl2N4O/c1-7-6-19-5-4-18(7)11-8-2-3-9(13)15-10(8)16-12(14)17-11/h2-3,7H,4-6H2,1H3. The molecule has 100 valence electrons. The molecule has 1 aliphatic heterocycles. The maximum absolute atomic E-state index is 5.98. The lowest BCUT2D eigenvalue weighted by molar-refractivity contribution is 0.0987. The molecular formula is C12H12Cl2N4O. The van der Waals surface area contributed by atoms with Crippen LogP contribution in [0.5, 0.6) is 0 Å². The monoisotopic (exact) mass is 298 g/mol. The van der Waals surface area contributed by atoms with Gasteiger partial charge in [0.2, 0.25) is 5.28 Å². The predicted octanol–water partition coefficient (Wildman–Crippen LogP) is 2.56. The van der Waals surface area contributed by atoms with Crippen LogP contribution in [0, 0.1) is 0 Å². The quantitative estimate of drug-likeness (QED) is 0.598. The minimum atomic E-state index is 0.177. The topological polar surface area (TPSA) is 51.1 Å². The fourth-order valence-corrected chi connectivity index (χ4v) is 2.51. The highest BCUT2D eigenvalue weighted by Gasteiger charge is 2.23. The number of hydrogen-bond donors (Lipinski definition) is 0. The summed E-state index contributed by atoms with van der Waals surface area (Å²) in [6.45, 7) is 4.20. The summed E-state index contributed by atoms with van der Waals surface area (Å²) in [4.78, 5) is 14.8. The summed E-state index contributed by atoms with van der Waals surface area (Å²) in [5, 5.41) is 1.42. The molecule has 0 spiro atoms. The Hall–Kier alpha value is -1.17. The summed E-state index contributed by atoms with van der Waals surface area (Å²) in [5.74, 6) is 0.787. The molecule has 3 rings (SSSR count). The number of morpholine rings is 1. The Morgan fingerprint density at radius 1 is 1.26 bits per heavy atom. The highest BCUT2D eigenvalue weighted by atomic mass is 35.5. The SMILES string of the molecule is CC1COCCN1c1nc(Cl)nc2nc(Cl)ccc12. The minimum absolute atomic E-state index is 0.177. The van der Waals surface area contributed by atoms with Crippen LogP contribution in [0.3, 0.4) is 0 Å². The number of halogens is 2. The normalized spacial score (nSPS) is 19.9. The third-order valence-corrected chi connectivity index (χ3v) is 3.50. The summed E-state index contributed by atoms with van der Waals surface area (Å²) < 4.78 is 5.44. The van der Waals surface area contributed by atoms with Crippen LogP contribution in [0.2, 0.25) is 10.4 Å². The maximum Gasteiger partial charge on any atom is 0.226 e. The van der Waals surface area contributed by atoms with Crippen molar-refractivity contribution in [2.24, 2.45) is 0 Å². The highest BCUT2D eigenvalue weighted by molar-refractivity contribution is 6.30. The summed E-state index contributed by atoms with van der Waals surface area (Å²) in [5.41, 5.74) is 0.515. The Morgan fingerprint density at radius 2 is 2.11 bits per heavy atom. The van der Waals surface area contributed by atoms with Gasteiger partial charge in [0.25, 0.3) is 0 Å². The molecule has 1 saturated heterocycles. The molecule has 1 unspecified atom stereocenters. The van der Waals surface area contributed by atoms with Gasteiger partial charge in [-0.1, -0.05) is 11.6 Å². The van der Waals surface area contributed by atoms with Crippen LogP contribution in [0.25, 0.3) is 11.0 Å². The van der Waals surface area contributed by atoms with Gasteiger partial charge < -0.3 is 9.64 Å². The van der Waals surface area contributed by atoms with Gasteiger partial charge in [-0.05, 0) is 30.7 Å². The van der Waals surface area contributed by atoms with E-state index in [-0.39, 0.29) is 11.3 Å². The van der Waals surface area contributed by atoms with E-state index in [2.05, 4.69) is 26.8 Å². The van der Waals surface area contributed by atoms with Gasteiger partial charge in [0.05, 0.1) is 24.6 Å². The molecule has 1 aliphatic rings. The summed E-state index contributed by atoms with van der Waals surface area (Å²) in [7, 11) is 0. The predicted molar refractivity (Wildman–Crippen MR) is 75.0 cm³/mol. The van der Waals surface area contributed by atoms with Crippen molar-refractivity contribution < 1.29 is 4.74 Å². The zero-order valence-corrected chi connectivity index (χ0v) is 11.8. The molecule has 0 amide bonds. The number of fused-ring (bicyclic) bond motifs is 1. The van der Waals surface area contributed by atoms with E-state index in [9.17, 15) is 0 Å². The van der Waals surface area contributed by atoms with Crippen LogP contribution in [0.4, 0.5) is 5.82 Å². The lowest BCUT2D eigenvalue weighted by Gasteiger charge is -2.34. The summed E-state index contributed by atoms with van der Waals surface area (Å²) >= 11 is 11.9. The van der Waals surface area contributed by atoms with Gasteiger partial charge in [-0.25, -0.2) is 4.98 Å². The molecule has 5 nitrogen and oxygen atoms in total. The Labute approximate surface area is 120 Å². The van der Waals surface area contributed by atoms with Crippen molar-refractivity contribution in [3.8, 4) is 0 Å². The molecule has 2 aromatic heterocycles. The third kappa shape index (κ3) is 2.45. The zero-order chi connectivity index (χ0) is 13.4. The summed E-state index contributed by atoms with van der Waals surface area (Å²) in [6.07, 6.45) is 0. The van der Waals surface area contributed by atoms with Crippen molar-refractivity contribution in [2.45, 2.75) is 13.0 Å². The molecule has 0 aliphatic carbocycles. The van der Waals surface area contributed by atoms with Crippen molar-refractivity contribution in [1.29, 1.82) is 0 Å². The minimum Gasteiger partial charge on any atom is -0.377 e. The van der Waals surface area contributed by atoms with Crippen molar-refractivity contribution in [3.63, 3.8) is 0 Å². The smallest absolute Gasteiger partial charge is 0.226 e. The second-order valence-corrected chi connectivity index (χ2v) is 5.16. The molecule has 3 heterocycles. The first-order chi connectivity index (χ1) is 9.15. The van der Waals surface area contributed by atoms with Crippen molar-refractivity contribution in [1.82, 2.24) is 15.0 Å². The molecule has 1 fully saturated rings. The van der Waals surface area contributed by atoms with Gasteiger partial charge in [-0.15, -0.1) is 0 Å². The van der Waals surface area contributed by atoms with Gasteiger partial charge in [-0.3, -0.25) is 0 Å². The average molecular weight is 299 g/mol. The molecule has 19 heavy (non-hydrogen) atoms. The average Bonchev–Trinajstić information content (AvgIpc) is 2.38. The van der Waals surface area contributed by atoms with Crippen LogP contribution in [-0.2, 0) is 4.74 Å². The van der Waals surface area contributed by atoms with E-state index in [1.165, 1.54) is 0 Å². The zero-order valence-electron chi connectivity index (χ0n) is 10.3. The van der Waals surface area contributed by atoms with Crippen LogP contribution in [0.15, 0.2) is 12.1 Å². The molecule has 0 radical (unpaired) electrons. The van der Waals surface area contributed by atoms with Crippen LogP contribution in [-0.4, -0.2) is 40.8 Å². The molecular weight excluding hydrogens is 287 g/mol. The molecule has 7 heteroatoms. The number of hydrogen-bond acceptors (Lipinski definition) is 5. The first-order valence-electron chi connectivity index (χ1n) is 5.99. The lowest BCUT2D eigenvalue weighted by Crippen LogP contribution is -2.44. The van der Waals surface area contributed by atoms with E-state index >= 15 is 0 Å². The van der Waals surface area contributed by atoms with E-state index in [4.69, 9.17) is 27.9 Å². The fraction of sp³-hybridized carbons (Fsp3) is 0.417. The van der Waals surface area contributed by atoms with E-state index in [1.807, 2.05) is 6.07 Å². The Bertz CT molecular complexity index is 617. The van der Waals surface area contributed by atoms with Gasteiger partial charge in [0.15, 0.2) is 5.65 Å². The number of ether oxygens (including phenoxy) is 1. The molecule has 0 N–H and O–H groups in total. The third-order valence-electron chi connectivity index (χ3n) is 3.12. The van der Waals surface area contributed by atoms with E-state index in [0.29, 0.717) is 24.0 Å². The number of nitrogens with zero attached hydrogens (tertiary/aromatic N) is 4. The van der Waals surface area contributed by atoms with Crippen molar-refractivity contribution >= 4 is 40.1 Å². The first-order valence-corrected chi connectivity index (χ1v) is 6.75. The molecule has 2 aromatic rings. The number of pyridine rings is 1. The first kappa shape index (κ1) is 12.8. The Balaban J connectivity index is 2.16. The largest absolute Gasteiger partial charge is 0.377 e. The lowest BCUT2D eigenvalue weighted by atomic mass is 10.2. The van der Waals surface area contributed by atoms with E-state index < -0.39 is 0 Å².